The van der Waals surface area contributed by atoms with Crippen molar-refractivity contribution < 1.29 is 29.4 Å². The summed E-state index contributed by atoms with van der Waals surface area (Å²) in [7, 11) is 0. The van der Waals surface area contributed by atoms with Crippen molar-refractivity contribution in [3.8, 4) is 0 Å². The first-order valence-electron chi connectivity index (χ1n) is 9.80. The molecule has 156 valence electrons. The maximum Gasteiger partial charge on any atom is 0.328 e. The number of urea groups is 1. The molecule has 3 rings (SSSR count). The topological polar surface area (TPSA) is 136 Å². The van der Waals surface area contributed by atoms with Crippen molar-refractivity contribution in [1.82, 2.24) is 15.5 Å². The molecule has 0 radical (unpaired) electrons. The van der Waals surface area contributed by atoms with Crippen molar-refractivity contribution in [2.45, 2.75) is 38.5 Å². The summed E-state index contributed by atoms with van der Waals surface area (Å²) in [6.45, 7) is 2.97. The Hall–Kier alpha value is -2.42. The fourth-order valence-corrected chi connectivity index (χ4v) is 3.97. The van der Waals surface area contributed by atoms with E-state index in [1.165, 1.54) is 37.0 Å². The first kappa shape index (κ1) is 21.9. The highest BCUT2D eigenvalue weighted by Crippen LogP contribution is 2.26. The molecule has 9 heteroatoms. The molecule has 2 aliphatic heterocycles. The highest BCUT2D eigenvalue weighted by Gasteiger charge is 2.39. The van der Waals surface area contributed by atoms with Crippen molar-refractivity contribution in [2.75, 3.05) is 26.2 Å². The second-order valence-electron chi connectivity index (χ2n) is 7.61. The molecule has 0 spiro atoms. The summed E-state index contributed by atoms with van der Waals surface area (Å²) >= 11 is 0. The van der Waals surface area contributed by atoms with Crippen LogP contribution in [-0.2, 0) is 14.4 Å². The molecule has 0 aromatic rings. The Morgan fingerprint density at radius 3 is 2.32 bits per heavy atom. The molecule has 1 saturated carbocycles. The van der Waals surface area contributed by atoms with E-state index in [2.05, 4.69) is 10.6 Å². The Balaban J connectivity index is 0.000000300. The van der Waals surface area contributed by atoms with Crippen LogP contribution in [0, 0.1) is 17.8 Å². The van der Waals surface area contributed by atoms with Crippen LogP contribution in [0.2, 0.25) is 0 Å². The van der Waals surface area contributed by atoms with Crippen molar-refractivity contribution in [2.24, 2.45) is 17.8 Å². The van der Waals surface area contributed by atoms with Gasteiger partial charge >= 0.3 is 18.0 Å². The average Bonchev–Trinajstić information content (AvgIpc) is 2.69. The van der Waals surface area contributed by atoms with Crippen LogP contribution >= 0.6 is 0 Å². The van der Waals surface area contributed by atoms with Gasteiger partial charge in [-0.15, -0.1) is 0 Å². The van der Waals surface area contributed by atoms with Crippen molar-refractivity contribution >= 4 is 23.9 Å². The number of hydrogen-bond acceptors (Lipinski definition) is 5. The third-order valence-corrected chi connectivity index (χ3v) is 5.38. The Labute approximate surface area is 164 Å². The van der Waals surface area contributed by atoms with Crippen LogP contribution in [0.4, 0.5) is 4.79 Å². The van der Waals surface area contributed by atoms with Crippen LogP contribution < -0.4 is 10.6 Å². The molecule has 28 heavy (non-hydrogen) atoms. The second-order valence-corrected chi connectivity index (χ2v) is 7.61. The van der Waals surface area contributed by atoms with E-state index in [1.54, 1.807) is 0 Å². The van der Waals surface area contributed by atoms with Gasteiger partial charge in [0.05, 0.1) is 5.92 Å². The van der Waals surface area contributed by atoms with Crippen LogP contribution in [0.5, 0.6) is 0 Å². The molecule has 2 unspecified atom stereocenters. The third-order valence-electron chi connectivity index (χ3n) is 5.38. The number of carbonyl (C=O) groups excluding carboxylic acids is 2. The number of imide groups is 1. The normalized spacial score (nSPS) is 25.0. The molecule has 1 aliphatic carbocycles. The van der Waals surface area contributed by atoms with Gasteiger partial charge < -0.3 is 20.8 Å². The predicted octanol–water partition coefficient (Wildman–Crippen LogP) is 1.06. The zero-order valence-corrected chi connectivity index (χ0v) is 15.9. The Morgan fingerprint density at radius 2 is 1.71 bits per heavy atom. The summed E-state index contributed by atoms with van der Waals surface area (Å²) < 4.78 is 0. The van der Waals surface area contributed by atoms with Crippen LogP contribution in [0.15, 0.2) is 12.2 Å². The van der Waals surface area contributed by atoms with Gasteiger partial charge in [0.2, 0.25) is 5.91 Å². The number of amides is 3. The molecular formula is C19H29N3O6. The van der Waals surface area contributed by atoms with E-state index < -0.39 is 11.9 Å². The molecule has 3 aliphatic rings. The van der Waals surface area contributed by atoms with Gasteiger partial charge in [-0.05, 0) is 37.6 Å². The summed E-state index contributed by atoms with van der Waals surface area (Å²) in [5.41, 5.74) is 0. The lowest BCUT2D eigenvalue weighted by molar-refractivity contribution is -0.137. The average molecular weight is 395 g/mol. The molecule has 2 atom stereocenters. The largest absolute Gasteiger partial charge is 0.478 e. The standard InChI is InChI=1S/C15H25N3O2.C4H4O4/c19-14-13-6-12(7-16-9-13)10-18(14)15(20)17-8-11-4-2-1-3-5-11;5-3(6)1-2-4(7)8/h11-13,16H,1-10H2,(H,17,20);1-2H,(H,5,6)(H,7,8)/b;2-1+. The number of carbonyl (C=O) groups is 4. The number of likely N-dealkylation sites (tertiary alicyclic amines) is 1. The Bertz CT molecular complexity index is 599. The minimum Gasteiger partial charge on any atom is -0.478 e. The molecule has 9 nitrogen and oxygen atoms in total. The summed E-state index contributed by atoms with van der Waals surface area (Å²) in [6, 6.07) is -0.169. The number of nitrogens with one attached hydrogen (secondary N) is 2. The van der Waals surface area contributed by atoms with E-state index in [0.29, 0.717) is 30.5 Å². The van der Waals surface area contributed by atoms with Gasteiger partial charge in [-0.3, -0.25) is 9.69 Å². The number of hydrogen-bond donors (Lipinski definition) is 4. The molecular weight excluding hydrogens is 366 g/mol. The molecule has 0 aromatic heterocycles. The summed E-state index contributed by atoms with van der Waals surface area (Å²) in [5.74, 6) is -1.46. The highest BCUT2D eigenvalue weighted by molar-refractivity contribution is 5.96. The van der Waals surface area contributed by atoms with E-state index >= 15 is 0 Å². The molecule has 2 bridgehead atoms. The molecule has 0 aromatic carbocycles. The van der Waals surface area contributed by atoms with Crippen molar-refractivity contribution in [3.63, 3.8) is 0 Å². The number of fused-ring (bicyclic) bond motifs is 2. The van der Waals surface area contributed by atoms with E-state index in [4.69, 9.17) is 10.2 Å². The molecule has 2 heterocycles. The third kappa shape index (κ3) is 6.95. The fourth-order valence-electron chi connectivity index (χ4n) is 3.97. The number of carboxylic acids is 2. The first-order valence-corrected chi connectivity index (χ1v) is 9.80. The van der Waals surface area contributed by atoms with Gasteiger partial charge in [-0.25, -0.2) is 14.4 Å². The van der Waals surface area contributed by atoms with Crippen LogP contribution in [-0.4, -0.2) is 65.2 Å². The molecule has 3 fully saturated rings. The smallest absolute Gasteiger partial charge is 0.328 e. The minimum absolute atomic E-state index is 0.00271. The lowest BCUT2D eigenvalue weighted by Gasteiger charge is -2.40. The maximum absolute atomic E-state index is 12.3. The quantitative estimate of drug-likeness (QED) is 0.522. The highest BCUT2D eigenvalue weighted by atomic mass is 16.4. The van der Waals surface area contributed by atoms with E-state index in [1.807, 2.05) is 0 Å². The molecule has 4 N–H and O–H groups in total. The monoisotopic (exact) mass is 395 g/mol. The first-order chi connectivity index (χ1) is 13.4. The fraction of sp³-hybridized carbons (Fsp3) is 0.684. The zero-order chi connectivity index (χ0) is 20.5. The summed E-state index contributed by atoms with van der Waals surface area (Å²) in [6.07, 6.45) is 8.36. The second kappa shape index (κ2) is 10.8. The van der Waals surface area contributed by atoms with Crippen LogP contribution in [0.3, 0.4) is 0 Å². The van der Waals surface area contributed by atoms with Gasteiger partial charge in [-0.2, -0.15) is 0 Å². The van der Waals surface area contributed by atoms with Gasteiger partial charge in [-0.1, -0.05) is 19.3 Å². The summed E-state index contributed by atoms with van der Waals surface area (Å²) in [4.78, 5) is 45.1. The van der Waals surface area contributed by atoms with Crippen LogP contribution in [0.1, 0.15) is 38.5 Å². The lowest BCUT2D eigenvalue weighted by atomic mass is 9.85. The maximum atomic E-state index is 12.3. The summed E-state index contributed by atoms with van der Waals surface area (Å²) in [5, 5.41) is 21.9. The Morgan fingerprint density at radius 1 is 1.07 bits per heavy atom. The van der Waals surface area contributed by atoms with Crippen LogP contribution in [0.25, 0.3) is 0 Å². The van der Waals surface area contributed by atoms with Crippen molar-refractivity contribution in [1.29, 1.82) is 0 Å². The van der Waals surface area contributed by atoms with Gasteiger partial charge in [0, 0.05) is 31.8 Å². The molecule has 2 saturated heterocycles. The van der Waals surface area contributed by atoms with Gasteiger partial charge in [0.1, 0.15) is 0 Å². The Kier molecular flexibility index (Phi) is 8.43. The number of piperidine rings is 2. The lowest BCUT2D eigenvalue weighted by Crippen LogP contribution is -2.58. The van der Waals surface area contributed by atoms with E-state index in [-0.39, 0.29) is 17.9 Å². The minimum atomic E-state index is -1.26. The number of rotatable bonds is 4. The number of carboxylic acid groups (broad SMARTS) is 2. The zero-order valence-electron chi connectivity index (χ0n) is 15.9. The molecule has 3 amide bonds. The van der Waals surface area contributed by atoms with Crippen molar-refractivity contribution in [3.05, 3.63) is 12.2 Å². The SMILES string of the molecule is O=C(NCC1CCCCC1)N1CC2CNCC(C2)C1=O.O=C(O)/C=C/C(=O)O. The van der Waals surface area contributed by atoms with E-state index in [9.17, 15) is 19.2 Å². The van der Waals surface area contributed by atoms with Gasteiger partial charge in [0.15, 0.2) is 0 Å². The predicted molar refractivity (Wildman–Crippen MR) is 101 cm³/mol. The number of nitrogens with zero attached hydrogens (tertiary/aromatic N) is 1. The number of aliphatic carboxylic acids is 2. The van der Waals surface area contributed by atoms with Gasteiger partial charge in [0.25, 0.3) is 0 Å². The van der Waals surface area contributed by atoms with E-state index in [0.717, 1.165) is 26.1 Å².